The molecule has 0 saturated carbocycles. The standard InChI is InChI=1S/C15H30N2O4/c1-13(2,3)20-11(18)15(7,9-10-16-8)17-12(19)21-14(4,5)6/h16H,9-10H2,1-8H3,(H,17,19). The molecule has 0 saturated heterocycles. The Morgan fingerprint density at radius 3 is 1.76 bits per heavy atom. The van der Waals surface area contributed by atoms with E-state index in [9.17, 15) is 9.59 Å². The first-order valence-electron chi connectivity index (χ1n) is 7.18. The van der Waals surface area contributed by atoms with E-state index in [1.165, 1.54) is 0 Å². The highest BCUT2D eigenvalue weighted by Crippen LogP contribution is 2.18. The smallest absolute Gasteiger partial charge is 0.408 e. The van der Waals surface area contributed by atoms with Crippen LogP contribution in [0.1, 0.15) is 54.9 Å². The number of amides is 1. The third kappa shape index (κ3) is 8.55. The zero-order valence-electron chi connectivity index (χ0n) is 14.5. The van der Waals surface area contributed by atoms with E-state index in [1.54, 1.807) is 55.5 Å². The predicted octanol–water partition coefficient (Wildman–Crippen LogP) is 2.22. The van der Waals surface area contributed by atoms with Crippen LogP contribution in [0.4, 0.5) is 4.79 Å². The van der Waals surface area contributed by atoms with E-state index in [2.05, 4.69) is 10.6 Å². The maximum atomic E-state index is 12.4. The van der Waals surface area contributed by atoms with Crippen molar-refractivity contribution in [2.24, 2.45) is 0 Å². The third-order valence-corrected chi connectivity index (χ3v) is 2.50. The van der Waals surface area contributed by atoms with E-state index in [-0.39, 0.29) is 0 Å². The van der Waals surface area contributed by atoms with E-state index in [0.29, 0.717) is 13.0 Å². The minimum absolute atomic E-state index is 0.400. The first-order valence-corrected chi connectivity index (χ1v) is 7.18. The van der Waals surface area contributed by atoms with E-state index < -0.39 is 28.8 Å². The van der Waals surface area contributed by atoms with Crippen LogP contribution in [0.15, 0.2) is 0 Å². The number of hydrogen-bond acceptors (Lipinski definition) is 5. The lowest BCUT2D eigenvalue weighted by Crippen LogP contribution is -2.56. The minimum atomic E-state index is -1.14. The average molecular weight is 302 g/mol. The predicted molar refractivity (Wildman–Crippen MR) is 82.2 cm³/mol. The highest BCUT2D eigenvalue weighted by Gasteiger charge is 2.39. The molecule has 0 aliphatic heterocycles. The summed E-state index contributed by atoms with van der Waals surface area (Å²) < 4.78 is 10.6. The molecule has 0 aromatic heterocycles. The second-order valence-electron chi connectivity index (χ2n) is 7.31. The van der Waals surface area contributed by atoms with Gasteiger partial charge in [0.15, 0.2) is 0 Å². The van der Waals surface area contributed by atoms with Gasteiger partial charge in [0.05, 0.1) is 0 Å². The molecule has 0 aromatic rings. The van der Waals surface area contributed by atoms with Crippen LogP contribution in [-0.4, -0.2) is 42.4 Å². The number of alkyl carbamates (subject to hydrolysis) is 1. The Bertz CT molecular complexity index is 369. The Labute approximate surface area is 127 Å². The van der Waals surface area contributed by atoms with Crippen molar-refractivity contribution in [2.45, 2.75) is 71.6 Å². The number of ether oxygens (including phenoxy) is 2. The lowest BCUT2D eigenvalue weighted by Gasteiger charge is -2.33. The maximum absolute atomic E-state index is 12.4. The molecule has 0 aliphatic rings. The zero-order chi connectivity index (χ0) is 16.9. The van der Waals surface area contributed by atoms with Gasteiger partial charge in [-0.2, -0.15) is 0 Å². The average Bonchev–Trinajstić information content (AvgIpc) is 2.20. The fraction of sp³-hybridized carbons (Fsp3) is 0.867. The first kappa shape index (κ1) is 19.7. The van der Waals surface area contributed by atoms with E-state index in [1.807, 2.05) is 0 Å². The molecular formula is C15H30N2O4. The molecule has 0 spiro atoms. The van der Waals surface area contributed by atoms with Gasteiger partial charge in [0.1, 0.15) is 16.7 Å². The first-order chi connectivity index (χ1) is 9.29. The molecule has 1 unspecified atom stereocenters. The summed E-state index contributed by atoms with van der Waals surface area (Å²) in [6.07, 6.45) is -0.232. The molecule has 124 valence electrons. The Morgan fingerprint density at radius 2 is 1.38 bits per heavy atom. The molecule has 0 fully saturated rings. The molecule has 0 aromatic carbocycles. The molecule has 2 N–H and O–H groups in total. The van der Waals surface area contributed by atoms with Crippen LogP contribution in [0.3, 0.4) is 0 Å². The number of carbonyl (C=O) groups excluding carboxylic acids is 2. The van der Waals surface area contributed by atoms with Gasteiger partial charge in [0, 0.05) is 0 Å². The maximum Gasteiger partial charge on any atom is 0.408 e. The van der Waals surface area contributed by atoms with Crippen molar-refractivity contribution < 1.29 is 19.1 Å². The molecule has 1 atom stereocenters. The van der Waals surface area contributed by atoms with E-state index >= 15 is 0 Å². The molecule has 0 heterocycles. The summed E-state index contributed by atoms with van der Waals surface area (Å²) in [4.78, 5) is 24.3. The molecule has 0 aliphatic carbocycles. The highest BCUT2D eigenvalue weighted by atomic mass is 16.6. The SMILES string of the molecule is CNCCC(C)(NC(=O)OC(C)(C)C)C(=O)OC(C)(C)C. The van der Waals surface area contributed by atoms with Crippen LogP contribution in [-0.2, 0) is 14.3 Å². The van der Waals surface area contributed by atoms with Crippen LogP contribution < -0.4 is 10.6 Å². The quantitative estimate of drug-likeness (QED) is 0.762. The summed E-state index contributed by atoms with van der Waals surface area (Å²) in [5, 5.41) is 5.59. The van der Waals surface area contributed by atoms with Gasteiger partial charge in [0.2, 0.25) is 0 Å². The number of hydrogen-bond donors (Lipinski definition) is 2. The van der Waals surface area contributed by atoms with Crippen molar-refractivity contribution in [3.63, 3.8) is 0 Å². The van der Waals surface area contributed by atoms with Gasteiger partial charge in [-0.15, -0.1) is 0 Å². The van der Waals surface area contributed by atoms with Gasteiger partial charge >= 0.3 is 12.1 Å². The van der Waals surface area contributed by atoms with Crippen molar-refractivity contribution in [1.82, 2.24) is 10.6 Å². The van der Waals surface area contributed by atoms with Crippen molar-refractivity contribution >= 4 is 12.1 Å². The fourth-order valence-corrected chi connectivity index (χ4v) is 1.51. The van der Waals surface area contributed by atoms with Crippen LogP contribution >= 0.6 is 0 Å². The van der Waals surface area contributed by atoms with Crippen molar-refractivity contribution in [3.8, 4) is 0 Å². The summed E-state index contributed by atoms with van der Waals surface area (Å²) in [6.45, 7) is 12.9. The molecule has 6 heteroatoms. The van der Waals surface area contributed by atoms with Crippen LogP contribution in [0.25, 0.3) is 0 Å². The lowest BCUT2D eigenvalue weighted by atomic mass is 9.97. The summed E-state index contributed by atoms with van der Waals surface area (Å²) in [5.41, 5.74) is -2.38. The minimum Gasteiger partial charge on any atom is -0.458 e. The molecule has 0 rings (SSSR count). The molecule has 0 bridgehead atoms. The summed E-state index contributed by atoms with van der Waals surface area (Å²) >= 11 is 0. The van der Waals surface area contributed by atoms with Gasteiger partial charge in [0.25, 0.3) is 0 Å². The molecular weight excluding hydrogens is 272 g/mol. The Morgan fingerprint density at radius 1 is 0.905 bits per heavy atom. The Kier molecular flexibility index (Phi) is 6.67. The number of esters is 1. The van der Waals surface area contributed by atoms with Crippen molar-refractivity contribution in [1.29, 1.82) is 0 Å². The van der Waals surface area contributed by atoms with E-state index in [0.717, 1.165) is 0 Å². The fourth-order valence-electron chi connectivity index (χ4n) is 1.51. The number of rotatable bonds is 5. The topological polar surface area (TPSA) is 76.7 Å². The molecule has 21 heavy (non-hydrogen) atoms. The Hall–Kier alpha value is -1.30. The van der Waals surface area contributed by atoms with Crippen molar-refractivity contribution in [2.75, 3.05) is 13.6 Å². The van der Waals surface area contributed by atoms with Gasteiger partial charge in [-0.25, -0.2) is 9.59 Å². The molecule has 0 radical (unpaired) electrons. The molecule has 6 nitrogen and oxygen atoms in total. The zero-order valence-corrected chi connectivity index (χ0v) is 14.5. The summed E-state index contributed by atoms with van der Waals surface area (Å²) in [7, 11) is 1.78. The normalized spacial score (nSPS) is 15.0. The largest absolute Gasteiger partial charge is 0.458 e. The lowest BCUT2D eigenvalue weighted by molar-refractivity contribution is -0.162. The highest BCUT2D eigenvalue weighted by molar-refractivity contribution is 5.85. The summed E-state index contributed by atoms with van der Waals surface area (Å²) in [5.74, 6) is -0.476. The van der Waals surface area contributed by atoms with Gasteiger partial charge in [-0.3, -0.25) is 0 Å². The van der Waals surface area contributed by atoms with Gasteiger partial charge < -0.3 is 20.1 Å². The monoisotopic (exact) mass is 302 g/mol. The van der Waals surface area contributed by atoms with Gasteiger partial charge in [-0.05, 0) is 68.5 Å². The third-order valence-electron chi connectivity index (χ3n) is 2.50. The van der Waals surface area contributed by atoms with Crippen LogP contribution in [0, 0.1) is 0 Å². The van der Waals surface area contributed by atoms with Crippen molar-refractivity contribution in [3.05, 3.63) is 0 Å². The summed E-state index contributed by atoms with van der Waals surface area (Å²) in [6, 6.07) is 0. The van der Waals surface area contributed by atoms with Crippen LogP contribution in [0.5, 0.6) is 0 Å². The number of carbonyl (C=O) groups is 2. The Balaban J connectivity index is 4.99. The van der Waals surface area contributed by atoms with Gasteiger partial charge in [-0.1, -0.05) is 0 Å². The second-order valence-corrected chi connectivity index (χ2v) is 7.31. The van der Waals surface area contributed by atoms with E-state index in [4.69, 9.17) is 9.47 Å². The number of nitrogens with one attached hydrogen (secondary N) is 2. The van der Waals surface area contributed by atoms with Crippen LogP contribution in [0.2, 0.25) is 0 Å². The second kappa shape index (κ2) is 7.11. The molecule has 1 amide bonds.